The van der Waals surface area contributed by atoms with Crippen molar-refractivity contribution in [3.8, 4) is 0 Å². The van der Waals surface area contributed by atoms with Crippen molar-refractivity contribution in [2.75, 3.05) is 40.0 Å². The Bertz CT molecular complexity index is 1120. The highest BCUT2D eigenvalue weighted by atomic mass is 15.1. The van der Waals surface area contributed by atoms with Crippen LogP contribution in [0.15, 0.2) is 48.7 Å². The maximum atomic E-state index is 8.77. The van der Waals surface area contributed by atoms with Crippen molar-refractivity contribution in [3.05, 3.63) is 71.0 Å². The van der Waals surface area contributed by atoms with Crippen molar-refractivity contribution in [2.24, 2.45) is 0 Å². The van der Waals surface area contributed by atoms with E-state index in [0.717, 1.165) is 48.1 Å². The molecule has 0 fully saturated rings. The molecular formula is C25H33N7. The van der Waals surface area contributed by atoms with E-state index in [1.165, 1.54) is 11.8 Å². The molecule has 7 heteroatoms. The molecule has 0 aliphatic heterocycles. The Labute approximate surface area is 189 Å². The molecule has 0 saturated carbocycles. The van der Waals surface area contributed by atoms with Gasteiger partial charge < -0.3 is 31.7 Å². The molecule has 32 heavy (non-hydrogen) atoms. The number of aromatic nitrogens is 1. The van der Waals surface area contributed by atoms with Gasteiger partial charge in [-0.05, 0) is 75.1 Å². The van der Waals surface area contributed by atoms with Crippen molar-refractivity contribution in [1.82, 2.24) is 20.5 Å². The molecule has 2 aromatic carbocycles. The Morgan fingerprint density at radius 2 is 1.97 bits per heavy atom. The van der Waals surface area contributed by atoms with Crippen LogP contribution in [0.3, 0.4) is 0 Å². The summed E-state index contributed by atoms with van der Waals surface area (Å²) >= 11 is 0. The number of hydrogen-bond donors (Lipinski definition) is 6. The first-order valence-electron chi connectivity index (χ1n) is 10.8. The SMILES string of the molecule is CN/C=C(\C=N)c1ccc(N)c(C(=N)c2cc3cc(CNCCCN(C)C)ccc3[nH]2)c1. The maximum Gasteiger partial charge on any atom is 0.0868 e. The summed E-state index contributed by atoms with van der Waals surface area (Å²) in [5.74, 6) is 0. The van der Waals surface area contributed by atoms with Crippen LogP contribution >= 0.6 is 0 Å². The second-order valence-corrected chi connectivity index (χ2v) is 8.15. The number of nitrogens with one attached hydrogen (secondary N) is 5. The lowest BCUT2D eigenvalue weighted by molar-refractivity contribution is 0.394. The Morgan fingerprint density at radius 3 is 2.69 bits per heavy atom. The summed E-state index contributed by atoms with van der Waals surface area (Å²) in [7, 11) is 5.97. The number of nitrogens with two attached hydrogens (primary N) is 1. The minimum Gasteiger partial charge on any atom is -0.398 e. The summed E-state index contributed by atoms with van der Waals surface area (Å²) in [5.41, 5.74) is 12.2. The normalized spacial score (nSPS) is 11.8. The first-order valence-corrected chi connectivity index (χ1v) is 10.8. The molecule has 7 nitrogen and oxygen atoms in total. The second kappa shape index (κ2) is 10.7. The van der Waals surface area contributed by atoms with Crippen molar-refractivity contribution >= 4 is 34.1 Å². The minimum absolute atomic E-state index is 0.331. The zero-order valence-electron chi connectivity index (χ0n) is 19.0. The van der Waals surface area contributed by atoms with Crippen LogP contribution < -0.4 is 16.4 Å². The lowest BCUT2D eigenvalue weighted by Gasteiger charge is -2.10. The van der Waals surface area contributed by atoms with Gasteiger partial charge in [0, 0.05) is 53.7 Å². The summed E-state index contributed by atoms with van der Waals surface area (Å²) in [5, 5.41) is 23.9. The van der Waals surface area contributed by atoms with Gasteiger partial charge in [0.1, 0.15) is 0 Å². The predicted octanol–water partition coefficient (Wildman–Crippen LogP) is 3.42. The van der Waals surface area contributed by atoms with Crippen molar-refractivity contribution in [1.29, 1.82) is 10.8 Å². The van der Waals surface area contributed by atoms with Crippen LogP contribution in [0.4, 0.5) is 5.69 Å². The lowest BCUT2D eigenvalue weighted by atomic mass is 9.99. The van der Waals surface area contributed by atoms with Crippen LogP contribution in [0.1, 0.15) is 28.8 Å². The summed E-state index contributed by atoms with van der Waals surface area (Å²) in [4.78, 5) is 5.54. The average Bonchev–Trinajstić information content (AvgIpc) is 3.20. The third kappa shape index (κ3) is 5.63. The first-order chi connectivity index (χ1) is 15.4. The number of nitrogens with zero attached hydrogens (tertiary/aromatic N) is 1. The van der Waals surface area contributed by atoms with Crippen LogP contribution in [0.5, 0.6) is 0 Å². The number of allylic oxidation sites excluding steroid dienone is 1. The number of benzene rings is 2. The monoisotopic (exact) mass is 431 g/mol. The fraction of sp³-hybridized carbons (Fsp3) is 0.280. The van der Waals surface area contributed by atoms with Crippen molar-refractivity contribution in [3.63, 3.8) is 0 Å². The number of hydrogen-bond acceptors (Lipinski definition) is 6. The zero-order chi connectivity index (χ0) is 23.1. The van der Waals surface area contributed by atoms with Gasteiger partial charge in [0.25, 0.3) is 0 Å². The van der Waals surface area contributed by atoms with Crippen molar-refractivity contribution in [2.45, 2.75) is 13.0 Å². The van der Waals surface area contributed by atoms with Gasteiger partial charge in [0.05, 0.1) is 11.4 Å². The van der Waals surface area contributed by atoms with Gasteiger partial charge in [-0.1, -0.05) is 12.1 Å². The smallest absolute Gasteiger partial charge is 0.0868 e. The Morgan fingerprint density at radius 1 is 1.16 bits per heavy atom. The molecule has 0 bridgehead atoms. The van der Waals surface area contributed by atoms with Crippen molar-refractivity contribution < 1.29 is 0 Å². The highest BCUT2D eigenvalue weighted by Gasteiger charge is 2.13. The van der Waals surface area contributed by atoms with E-state index in [2.05, 4.69) is 52.8 Å². The van der Waals surface area contributed by atoms with E-state index in [1.54, 1.807) is 19.3 Å². The standard InChI is InChI=1S/C25H33N7/c1-29-16-20(14-26)18-6-7-22(27)21(12-18)25(28)24-13-19-11-17(5-8-23(19)31-24)15-30-9-4-10-32(2)3/h5-8,11-14,16,26,28-31H,4,9-10,15,27H2,1-3H3/b20-16+,26-14?,28-25?. The largest absolute Gasteiger partial charge is 0.398 e. The molecule has 0 amide bonds. The van der Waals surface area contributed by atoms with E-state index in [0.29, 0.717) is 22.7 Å². The molecule has 1 aromatic heterocycles. The first kappa shape index (κ1) is 23.2. The maximum absolute atomic E-state index is 8.77. The predicted molar refractivity (Wildman–Crippen MR) is 136 cm³/mol. The molecule has 3 aromatic rings. The molecule has 3 rings (SSSR count). The highest BCUT2D eigenvalue weighted by molar-refractivity contribution is 6.16. The van der Waals surface area contributed by atoms with Gasteiger partial charge in [-0.15, -0.1) is 0 Å². The fourth-order valence-corrected chi connectivity index (χ4v) is 3.64. The Balaban J connectivity index is 1.79. The molecule has 0 aliphatic carbocycles. The summed E-state index contributed by atoms with van der Waals surface area (Å²) in [6.45, 7) is 2.88. The van der Waals surface area contributed by atoms with Gasteiger partial charge in [0.2, 0.25) is 0 Å². The van der Waals surface area contributed by atoms with E-state index in [1.807, 2.05) is 18.2 Å². The lowest BCUT2D eigenvalue weighted by Crippen LogP contribution is -2.20. The van der Waals surface area contributed by atoms with Gasteiger partial charge in [-0.2, -0.15) is 0 Å². The van der Waals surface area contributed by atoms with E-state index < -0.39 is 0 Å². The van der Waals surface area contributed by atoms with Crippen LogP contribution in [0.25, 0.3) is 16.5 Å². The number of aromatic amines is 1. The molecule has 0 radical (unpaired) electrons. The minimum atomic E-state index is 0.331. The van der Waals surface area contributed by atoms with Gasteiger partial charge in [0.15, 0.2) is 0 Å². The van der Waals surface area contributed by atoms with E-state index in [-0.39, 0.29) is 0 Å². The summed E-state index contributed by atoms with van der Waals surface area (Å²) in [6, 6.07) is 13.8. The fourth-order valence-electron chi connectivity index (χ4n) is 3.64. The quantitative estimate of drug-likeness (QED) is 0.158. The van der Waals surface area contributed by atoms with E-state index in [4.69, 9.17) is 16.6 Å². The van der Waals surface area contributed by atoms with Crippen LogP contribution in [-0.4, -0.2) is 56.0 Å². The van der Waals surface area contributed by atoms with Crippen LogP contribution in [0, 0.1) is 10.8 Å². The number of rotatable bonds is 11. The molecule has 0 aliphatic rings. The van der Waals surface area contributed by atoms with Gasteiger partial charge >= 0.3 is 0 Å². The molecule has 0 atom stereocenters. The molecule has 0 spiro atoms. The summed E-state index contributed by atoms with van der Waals surface area (Å²) in [6.07, 6.45) is 4.16. The van der Waals surface area contributed by atoms with E-state index in [9.17, 15) is 0 Å². The molecule has 0 unspecified atom stereocenters. The number of anilines is 1. The Hall–Kier alpha value is -3.42. The highest BCUT2D eigenvalue weighted by Crippen LogP contribution is 2.24. The van der Waals surface area contributed by atoms with Crippen LogP contribution in [-0.2, 0) is 6.54 Å². The second-order valence-electron chi connectivity index (χ2n) is 8.15. The van der Waals surface area contributed by atoms with Gasteiger partial charge in [-0.3, -0.25) is 5.41 Å². The van der Waals surface area contributed by atoms with E-state index >= 15 is 0 Å². The molecule has 168 valence electrons. The topological polar surface area (TPSA) is 117 Å². The molecule has 1 heterocycles. The van der Waals surface area contributed by atoms with Gasteiger partial charge in [-0.25, -0.2) is 0 Å². The Kier molecular flexibility index (Phi) is 7.81. The van der Waals surface area contributed by atoms with Crippen LogP contribution in [0.2, 0.25) is 0 Å². The molecule has 7 N–H and O–H groups in total. The number of H-pyrrole nitrogens is 1. The third-order valence-corrected chi connectivity index (χ3v) is 5.35. The number of nitrogen functional groups attached to an aromatic ring is 1. The average molecular weight is 432 g/mol. The zero-order valence-corrected chi connectivity index (χ0v) is 19.0. The summed E-state index contributed by atoms with van der Waals surface area (Å²) < 4.78 is 0. The molecular weight excluding hydrogens is 398 g/mol. The third-order valence-electron chi connectivity index (χ3n) is 5.35. The molecule has 0 saturated heterocycles. The number of fused-ring (bicyclic) bond motifs is 1.